The van der Waals surface area contributed by atoms with Gasteiger partial charge in [-0.3, -0.25) is 14.9 Å². The largest absolute Gasteiger partial charge is 0.495 e. The number of hydrogen-bond acceptors (Lipinski definition) is 4. The third kappa shape index (κ3) is 3.90. The summed E-state index contributed by atoms with van der Waals surface area (Å²) in [5.74, 6) is -0.437. The number of nitrogens with zero attached hydrogens (tertiary/aromatic N) is 2. The number of carbonyl (C=O) groups is 2. The van der Waals surface area contributed by atoms with Crippen LogP contribution >= 0.6 is 12.2 Å². The van der Waals surface area contributed by atoms with Crippen LogP contribution in [0.3, 0.4) is 0 Å². The molecule has 1 saturated carbocycles. The number of para-hydroxylation sites is 2. The molecule has 0 atom stereocenters. The number of nitrogens with one attached hydrogen (secondary N) is 1. The van der Waals surface area contributed by atoms with Gasteiger partial charge in [0, 0.05) is 17.4 Å². The van der Waals surface area contributed by atoms with Gasteiger partial charge in [-0.05, 0) is 68.7 Å². The van der Waals surface area contributed by atoms with Crippen molar-refractivity contribution < 1.29 is 14.3 Å². The Kier molecular flexibility index (Phi) is 5.96. The van der Waals surface area contributed by atoms with Crippen LogP contribution in [0.4, 0.5) is 5.69 Å². The molecule has 1 N–H and O–H groups in total. The van der Waals surface area contributed by atoms with Crippen molar-refractivity contribution in [3.8, 4) is 5.75 Å². The van der Waals surface area contributed by atoms with Crippen molar-refractivity contribution in [2.45, 2.75) is 52.0 Å². The number of carbonyl (C=O) groups excluding carboxylic acids is 2. The topological polar surface area (TPSA) is 63.6 Å². The van der Waals surface area contributed by atoms with Crippen LogP contribution in [0.1, 0.15) is 55.1 Å². The summed E-state index contributed by atoms with van der Waals surface area (Å²) in [6.07, 6.45) is 7.79. The highest BCUT2D eigenvalue weighted by molar-refractivity contribution is 7.80. The van der Waals surface area contributed by atoms with E-state index in [0.29, 0.717) is 17.5 Å². The van der Waals surface area contributed by atoms with Crippen molar-refractivity contribution in [3.05, 3.63) is 52.9 Å². The number of rotatable bonds is 4. The Morgan fingerprint density at radius 1 is 1.13 bits per heavy atom. The van der Waals surface area contributed by atoms with E-state index in [2.05, 4.69) is 29.8 Å². The molecule has 2 fully saturated rings. The highest BCUT2D eigenvalue weighted by Crippen LogP contribution is 2.34. The van der Waals surface area contributed by atoms with E-state index in [4.69, 9.17) is 17.0 Å². The lowest BCUT2D eigenvalue weighted by Crippen LogP contribution is -2.54. The van der Waals surface area contributed by atoms with Crippen LogP contribution < -0.4 is 15.0 Å². The summed E-state index contributed by atoms with van der Waals surface area (Å²) in [6, 6.07) is 9.64. The Bertz CT molecular complexity index is 1080. The molecule has 162 valence electrons. The van der Waals surface area contributed by atoms with E-state index < -0.39 is 11.8 Å². The van der Waals surface area contributed by atoms with Crippen molar-refractivity contribution >= 4 is 40.9 Å². The van der Waals surface area contributed by atoms with Crippen molar-refractivity contribution in [1.82, 2.24) is 9.88 Å². The van der Waals surface area contributed by atoms with Gasteiger partial charge in [-0.25, -0.2) is 4.90 Å². The molecule has 2 amide bonds. The van der Waals surface area contributed by atoms with Crippen molar-refractivity contribution in [2.75, 3.05) is 12.0 Å². The van der Waals surface area contributed by atoms with E-state index in [1.807, 2.05) is 6.07 Å². The Morgan fingerprint density at radius 2 is 1.84 bits per heavy atom. The van der Waals surface area contributed by atoms with Crippen LogP contribution in [-0.4, -0.2) is 28.6 Å². The molecule has 31 heavy (non-hydrogen) atoms. The predicted octanol–water partition coefficient (Wildman–Crippen LogP) is 4.45. The summed E-state index contributed by atoms with van der Waals surface area (Å²) >= 11 is 5.31. The lowest BCUT2D eigenvalue weighted by Gasteiger charge is -2.29. The second kappa shape index (κ2) is 8.67. The van der Waals surface area contributed by atoms with Gasteiger partial charge in [0.2, 0.25) is 0 Å². The zero-order valence-electron chi connectivity index (χ0n) is 18.1. The zero-order valence-corrected chi connectivity index (χ0v) is 18.9. The fraction of sp³-hybridized carbons (Fsp3) is 0.375. The Balaban J connectivity index is 1.73. The van der Waals surface area contributed by atoms with Gasteiger partial charge in [-0.15, -0.1) is 0 Å². The molecule has 7 heteroatoms. The maximum atomic E-state index is 13.4. The van der Waals surface area contributed by atoms with Gasteiger partial charge < -0.3 is 9.30 Å². The average Bonchev–Trinajstić information content (AvgIpc) is 3.04. The molecule has 4 rings (SSSR count). The Morgan fingerprint density at radius 3 is 2.55 bits per heavy atom. The normalized spacial score (nSPS) is 19.1. The first-order chi connectivity index (χ1) is 14.9. The van der Waals surface area contributed by atoms with Crippen LogP contribution in [0.15, 0.2) is 35.9 Å². The van der Waals surface area contributed by atoms with Crippen molar-refractivity contribution in [3.63, 3.8) is 0 Å². The van der Waals surface area contributed by atoms with Crippen molar-refractivity contribution in [2.24, 2.45) is 0 Å². The quantitative estimate of drug-likeness (QED) is 0.436. The average molecular weight is 438 g/mol. The number of aromatic nitrogens is 1. The summed E-state index contributed by atoms with van der Waals surface area (Å²) < 4.78 is 7.75. The molecule has 6 nitrogen and oxygen atoms in total. The highest BCUT2D eigenvalue weighted by Gasteiger charge is 2.36. The molecule has 2 aromatic rings. The van der Waals surface area contributed by atoms with Crippen LogP contribution in [-0.2, 0) is 9.59 Å². The van der Waals surface area contributed by atoms with Gasteiger partial charge in [-0.1, -0.05) is 31.4 Å². The monoisotopic (exact) mass is 437 g/mol. The predicted molar refractivity (Wildman–Crippen MR) is 125 cm³/mol. The van der Waals surface area contributed by atoms with Crippen LogP contribution in [0, 0.1) is 13.8 Å². The molecule has 1 aromatic heterocycles. The van der Waals surface area contributed by atoms with Crippen LogP contribution in [0.5, 0.6) is 5.75 Å². The second-order valence-electron chi connectivity index (χ2n) is 8.12. The van der Waals surface area contributed by atoms with E-state index in [9.17, 15) is 9.59 Å². The number of hydrogen-bond donors (Lipinski definition) is 1. The molecule has 1 aromatic carbocycles. The first-order valence-corrected chi connectivity index (χ1v) is 11.1. The second-order valence-corrected chi connectivity index (χ2v) is 8.50. The van der Waals surface area contributed by atoms with Crippen molar-refractivity contribution in [1.29, 1.82) is 0 Å². The lowest BCUT2D eigenvalue weighted by atomic mass is 9.95. The molecule has 1 saturated heterocycles. The fourth-order valence-corrected chi connectivity index (χ4v) is 4.97. The minimum atomic E-state index is -0.483. The molecule has 2 heterocycles. The summed E-state index contributed by atoms with van der Waals surface area (Å²) in [5, 5.41) is 2.70. The molecule has 0 bridgehead atoms. The maximum Gasteiger partial charge on any atom is 0.270 e. The number of methoxy groups -OCH3 is 1. The van der Waals surface area contributed by atoms with Crippen LogP contribution in [0.2, 0.25) is 0 Å². The van der Waals surface area contributed by atoms with Crippen LogP contribution in [0.25, 0.3) is 6.08 Å². The van der Waals surface area contributed by atoms with E-state index in [1.54, 1.807) is 24.3 Å². The fourth-order valence-electron chi connectivity index (χ4n) is 4.70. The van der Waals surface area contributed by atoms with E-state index in [0.717, 1.165) is 17.0 Å². The molecule has 0 radical (unpaired) electrons. The van der Waals surface area contributed by atoms with Gasteiger partial charge >= 0.3 is 0 Å². The number of aryl methyl sites for hydroxylation is 1. The SMILES string of the molecule is COc1ccccc1N1C(=O)/C(=C/c2cc(C)n(C3CCCCC3)c2C)C(=O)NC1=S. The number of benzene rings is 1. The zero-order chi connectivity index (χ0) is 22.1. The molecule has 1 aliphatic carbocycles. The van der Waals surface area contributed by atoms with Gasteiger partial charge in [0.1, 0.15) is 11.3 Å². The minimum absolute atomic E-state index is 0.0457. The number of ether oxygens (including phenoxy) is 1. The summed E-state index contributed by atoms with van der Waals surface area (Å²) in [7, 11) is 1.53. The summed E-state index contributed by atoms with van der Waals surface area (Å²) in [5.41, 5.74) is 3.67. The number of anilines is 1. The van der Waals surface area contributed by atoms with E-state index >= 15 is 0 Å². The highest BCUT2D eigenvalue weighted by atomic mass is 32.1. The van der Waals surface area contributed by atoms with E-state index in [-0.39, 0.29) is 10.7 Å². The van der Waals surface area contributed by atoms with Gasteiger partial charge in [0.25, 0.3) is 11.8 Å². The lowest BCUT2D eigenvalue weighted by molar-refractivity contribution is -0.122. The minimum Gasteiger partial charge on any atom is -0.495 e. The third-order valence-electron chi connectivity index (χ3n) is 6.19. The Labute approximate surface area is 187 Å². The maximum absolute atomic E-state index is 13.4. The third-order valence-corrected chi connectivity index (χ3v) is 6.48. The summed E-state index contributed by atoms with van der Waals surface area (Å²) in [4.78, 5) is 27.4. The number of amides is 2. The molecular formula is C24H27N3O3S. The standard InChI is InChI=1S/C24H27N3O3S/c1-15-13-17(16(2)26(15)18-9-5-4-6-10-18)14-19-22(28)25-24(31)27(23(19)29)20-11-7-8-12-21(20)30-3/h7-8,11-14,18H,4-6,9-10H2,1-3H3,(H,25,28,31)/b19-14+. The van der Waals surface area contributed by atoms with Gasteiger partial charge in [0.05, 0.1) is 12.8 Å². The molecule has 2 aliphatic rings. The molecule has 0 spiro atoms. The molecule has 0 unspecified atom stereocenters. The Hall–Kier alpha value is -2.93. The first kappa shape index (κ1) is 21.3. The van der Waals surface area contributed by atoms with Gasteiger partial charge in [-0.2, -0.15) is 0 Å². The van der Waals surface area contributed by atoms with Gasteiger partial charge in [0.15, 0.2) is 5.11 Å². The van der Waals surface area contributed by atoms with E-state index in [1.165, 1.54) is 44.1 Å². The molecule has 1 aliphatic heterocycles. The smallest absolute Gasteiger partial charge is 0.270 e. The summed E-state index contributed by atoms with van der Waals surface area (Å²) in [6.45, 7) is 4.14. The number of thiocarbonyl (C=S) groups is 1. The first-order valence-electron chi connectivity index (χ1n) is 10.6. The molecular weight excluding hydrogens is 410 g/mol.